The van der Waals surface area contributed by atoms with Gasteiger partial charge in [-0.2, -0.15) is 0 Å². The molecule has 0 aliphatic heterocycles. The molecular formula is C40H43NO4. The minimum absolute atomic E-state index is 0.105. The van der Waals surface area contributed by atoms with Crippen molar-refractivity contribution in [2.75, 3.05) is 13.2 Å². The molecule has 5 heteroatoms. The minimum atomic E-state index is -0.320. The van der Waals surface area contributed by atoms with Gasteiger partial charge in [0.05, 0.1) is 4.92 Å². The maximum absolute atomic E-state index is 11.7. The van der Waals surface area contributed by atoms with Gasteiger partial charge in [0, 0.05) is 25.3 Å². The summed E-state index contributed by atoms with van der Waals surface area (Å²) >= 11 is 0. The van der Waals surface area contributed by atoms with E-state index in [9.17, 15) is 15.2 Å². The number of rotatable bonds is 11. The monoisotopic (exact) mass is 601 g/mol. The smallest absolute Gasteiger partial charge is 0.269 e. The van der Waals surface area contributed by atoms with Crippen LogP contribution in [0, 0.1) is 17.0 Å². The fourth-order valence-electron chi connectivity index (χ4n) is 5.62. The highest BCUT2D eigenvalue weighted by Crippen LogP contribution is 2.35. The molecule has 1 N–H and O–H groups in total. The molecule has 0 heterocycles. The lowest BCUT2D eigenvalue weighted by atomic mass is 9.85. The highest BCUT2D eigenvalue weighted by atomic mass is 16.6. The van der Waals surface area contributed by atoms with Gasteiger partial charge in [0.1, 0.15) is 5.75 Å². The number of benzene rings is 5. The van der Waals surface area contributed by atoms with Gasteiger partial charge in [-0.1, -0.05) is 91.9 Å². The van der Waals surface area contributed by atoms with Crippen LogP contribution in [-0.4, -0.2) is 23.2 Å². The van der Waals surface area contributed by atoms with Gasteiger partial charge in [-0.3, -0.25) is 10.1 Å². The lowest BCUT2D eigenvalue weighted by molar-refractivity contribution is -0.384. The van der Waals surface area contributed by atoms with E-state index < -0.39 is 0 Å². The van der Waals surface area contributed by atoms with Crippen molar-refractivity contribution in [3.8, 4) is 16.9 Å². The van der Waals surface area contributed by atoms with Crippen LogP contribution in [0.15, 0.2) is 115 Å². The van der Waals surface area contributed by atoms with Gasteiger partial charge in [-0.25, -0.2) is 0 Å². The first-order valence-corrected chi connectivity index (χ1v) is 15.6. The maximum atomic E-state index is 11.7. The SMILES string of the molecule is CCOCC.Cc1cc(O)ccc1CC(C)c1ccc(-c2ccc([N+](=O)[O-])cc2Cc2ccccc2)c(Cc2ccccc2)c1. The topological polar surface area (TPSA) is 72.6 Å². The van der Waals surface area contributed by atoms with E-state index in [1.807, 2.05) is 63.2 Å². The van der Waals surface area contributed by atoms with Gasteiger partial charge in [0.15, 0.2) is 0 Å². The molecule has 0 radical (unpaired) electrons. The van der Waals surface area contributed by atoms with Crippen LogP contribution in [-0.2, 0) is 24.0 Å². The van der Waals surface area contributed by atoms with Gasteiger partial charge < -0.3 is 9.84 Å². The van der Waals surface area contributed by atoms with Crippen LogP contribution in [0.4, 0.5) is 5.69 Å². The number of phenols is 1. The van der Waals surface area contributed by atoms with Gasteiger partial charge in [0.2, 0.25) is 0 Å². The van der Waals surface area contributed by atoms with Crippen LogP contribution in [0.3, 0.4) is 0 Å². The molecule has 0 aromatic heterocycles. The van der Waals surface area contributed by atoms with Gasteiger partial charge in [0.25, 0.3) is 5.69 Å². The molecule has 0 saturated carbocycles. The van der Waals surface area contributed by atoms with E-state index >= 15 is 0 Å². The summed E-state index contributed by atoms with van der Waals surface area (Å²) in [6, 6.07) is 38.0. The number of nitro benzene ring substituents is 1. The Morgan fingerprint density at radius 2 is 1.27 bits per heavy atom. The van der Waals surface area contributed by atoms with Crippen LogP contribution in [0.2, 0.25) is 0 Å². The third kappa shape index (κ3) is 9.37. The van der Waals surface area contributed by atoms with Crippen LogP contribution in [0.1, 0.15) is 65.6 Å². The van der Waals surface area contributed by atoms with E-state index in [2.05, 4.69) is 61.5 Å². The van der Waals surface area contributed by atoms with Crippen molar-refractivity contribution in [3.63, 3.8) is 0 Å². The number of nitro groups is 1. The third-order valence-corrected chi connectivity index (χ3v) is 8.02. The molecule has 232 valence electrons. The molecule has 5 aromatic carbocycles. The Morgan fingerprint density at radius 1 is 0.711 bits per heavy atom. The number of hydrogen-bond donors (Lipinski definition) is 1. The second-order valence-corrected chi connectivity index (χ2v) is 11.3. The van der Waals surface area contributed by atoms with Crippen LogP contribution < -0.4 is 0 Å². The molecule has 0 bridgehead atoms. The van der Waals surface area contributed by atoms with E-state index in [4.69, 9.17) is 4.74 Å². The first-order valence-electron chi connectivity index (χ1n) is 15.6. The molecule has 5 aromatic rings. The largest absolute Gasteiger partial charge is 0.508 e. The molecule has 45 heavy (non-hydrogen) atoms. The van der Waals surface area contributed by atoms with Crippen molar-refractivity contribution in [1.29, 1.82) is 0 Å². The predicted octanol–water partition coefficient (Wildman–Crippen LogP) is 9.85. The average Bonchev–Trinajstić information content (AvgIpc) is 3.04. The number of nitrogens with zero attached hydrogens (tertiary/aromatic N) is 1. The average molecular weight is 602 g/mol. The molecule has 0 amide bonds. The quantitative estimate of drug-likeness (QED) is 0.121. The zero-order valence-corrected chi connectivity index (χ0v) is 26.7. The van der Waals surface area contributed by atoms with E-state index in [-0.39, 0.29) is 22.3 Å². The molecule has 1 unspecified atom stereocenters. The van der Waals surface area contributed by atoms with Crippen LogP contribution in [0.5, 0.6) is 5.75 Å². The fourth-order valence-corrected chi connectivity index (χ4v) is 5.62. The molecule has 5 rings (SSSR count). The van der Waals surface area contributed by atoms with Crippen molar-refractivity contribution in [1.82, 2.24) is 0 Å². The Morgan fingerprint density at radius 3 is 1.78 bits per heavy atom. The van der Waals surface area contributed by atoms with E-state index in [1.165, 1.54) is 22.3 Å². The van der Waals surface area contributed by atoms with Crippen molar-refractivity contribution in [2.45, 2.75) is 52.9 Å². The molecular weight excluding hydrogens is 558 g/mol. The highest BCUT2D eigenvalue weighted by Gasteiger charge is 2.18. The summed E-state index contributed by atoms with van der Waals surface area (Å²) in [5, 5.41) is 21.5. The summed E-state index contributed by atoms with van der Waals surface area (Å²) in [5.41, 5.74) is 10.2. The first-order chi connectivity index (χ1) is 21.8. The van der Waals surface area contributed by atoms with E-state index in [1.54, 1.807) is 18.2 Å². The van der Waals surface area contributed by atoms with E-state index in [0.717, 1.165) is 53.9 Å². The van der Waals surface area contributed by atoms with E-state index in [0.29, 0.717) is 6.42 Å². The predicted molar refractivity (Wildman–Crippen MR) is 184 cm³/mol. The summed E-state index contributed by atoms with van der Waals surface area (Å²) < 4.78 is 4.83. The lowest BCUT2D eigenvalue weighted by Crippen LogP contribution is -2.03. The number of ether oxygens (including phenoxy) is 1. The Labute approximate surface area is 267 Å². The second kappa shape index (κ2) is 16.4. The molecule has 0 saturated heterocycles. The normalized spacial score (nSPS) is 11.4. The summed E-state index contributed by atoms with van der Waals surface area (Å²) in [4.78, 5) is 11.3. The van der Waals surface area contributed by atoms with Crippen LogP contribution in [0.25, 0.3) is 11.1 Å². The van der Waals surface area contributed by atoms with Crippen LogP contribution >= 0.6 is 0 Å². The van der Waals surface area contributed by atoms with Gasteiger partial charge in [-0.15, -0.1) is 0 Å². The van der Waals surface area contributed by atoms with Crippen molar-refractivity contribution >= 4 is 5.69 Å². The number of aromatic hydroxyl groups is 1. The lowest BCUT2D eigenvalue weighted by Gasteiger charge is -2.19. The van der Waals surface area contributed by atoms with Crippen molar-refractivity contribution in [3.05, 3.63) is 164 Å². The third-order valence-electron chi connectivity index (χ3n) is 8.02. The number of aryl methyl sites for hydroxylation is 1. The second-order valence-electron chi connectivity index (χ2n) is 11.3. The number of phenolic OH excluding ortho intramolecular Hbond substituents is 1. The molecule has 0 spiro atoms. The van der Waals surface area contributed by atoms with Gasteiger partial charge >= 0.3 is 0 Å². The van der Waals surface area contributed by atoms with Crippen molar-refractivity contribution < 1.29 is 14.8 Å². The molecule has 0 aliphatic carbocycles. The Bertz CT molecular complexity index is 1680. The summed E-state index contributed by atoms with van der Waals surface area (Å²) in [5.74, 6) is 0.560. The maximum Gasteiger partial charge on any atom is 0.269 e. The zero-order valence-electron chi connectivity index (χ0n) is 26.7. The fraction of sp³-hybridized carbons (Fsp3) is 0.250. The Kier molecular flexibility index (Phi) is 12.1. The molecule has 0 aliphatic rings. The number of non-ortho nitro benzene ring substituents is 1. The minimum Gasteiger partial charge on any atom is -0.508 e. The summed E-state index contributed by atoms with van der Waals surface area (Å²) in [7, 11) is 0. The van der Waals surface area contributed by atoms with Crippen molar-refractivity contribution in [2.24, 2.45) is 0 Å². The molecule has 0 fully saturated rings. The first kappa shape index (κ1) is 33.2. The Hall–Kier alpha value is -4.74. The summed E-state index contributed by atoms with van der Waals surface area (Å²) in [6.45, 7) is 9.94. The number of hydrogen-bond acceptors (Lipinski definition) is 4. The molecule has 1 atom stereocenters. The standard InChI is InChI=1S/C36H33NO3.C4H10O/c1-25(19-29-13-16-34(38)20-26(29)2)30-14-17-35(31(23-30)21-27-9-5-3-6-10-27)36-18-15-33(37(39)40)24-32(36)22-28-11-7-4-8-12-28;1-3-5-4-2/h3-18,20,23-25,38H,19,21-22H2,1-2H3;3-4H2,1-2H3. The highest BCUT2D eigenvalue weighted by molar-refractivity contribution is 5.73. The zero-order chi connectivity index (χ0) is 32.2. The Balaban J connectivity index is 0.000000854. The van der Waals surface area contributed by atoms with Gasteiger partial charge in [-0.05, 0) is 114 Å². The summed E-state index contributed by atoms with van der Waals surface area (Å²) in [6.07, 6.45) is 2.24. The molecule has 5 nitrogen and oxygen atoms in total.